The van der Waals surface area contributed by atoms with Gasteiger partial charge in [0.1, 0.15) is 16.9 Å². The minimum atomic E-state index is -1.29. The number of nitrogens with zero attached hydrogens (tertiary/aromatic N) is 1. The number of oxazole rings is 1. The van der Waals surface area contributed by atoms with E-state index in [0.29, 0.717) is 15.6 Å². The van der Waals surface area contributed by atoms with Crippen molar-refractivity contribution in [1.82, 2.24) is 4.98 Å². The molecule has 9 heteroatoms. The molecule has 0 fully saturated rings. The maximum atomic E-state index is 14.3. The normalized spacial score (nSPS) is 10.9. The molecule has 0 spiro atoms. The second kappa shape index (κ2) is 7.17. The molecule has 0 saturated carbocycles. The summed E-state index contributed by atoms with van der Waals surface area (Å²) < 4.78 is 20.2. The third-order valence-corrected chi connectivity index (χ3v) is 5.42. The first kappa shape index (κ1) is 18.3. The molecule has 4 rings (SSSR count). The Hall–Kier alpha value is -3.04. The molecule has 2 aromatic carbocycles. The van der Waals surface area contributed by atoms with Gasteiger partial charge in [-0.3, -0.25) is 4.79 Å². The van der Waals surface area contributed by atoms with Crippen LogP contribution in [0.1, 0.15) is 21.0 Å². The number of amides is 1. The van der Waals surface area contributed by atoms with Crippen LogP contribution >= 0.6 is 27.3 Å². The van der Waals surface area contributed by atoms with E-state index < -0.39 is 17.7 Å². The van der Waals surface area contributed by atoms with E-state index in [9.17, 15) is 19.1 Å². The Balaban J connectivity index is 1.71. The first-order valence-electron chi connectivity index (χ1n) is 7.91. The summed E-state index contributed by atoms with van der Waals surface area (Å²) in [6.07, 6.45) is 0. The lowest BCUT2D eigenvalue weighted by atomic mass is 10.1. The molecule has 2 aromatic heterocycles. The van der Waals surface area contributed by atoms with Crippen LogP contribution in [0.2, 0.25) is 0 Å². The molecule has 2 heterocycles. The summed E-state index contributed by atoms with van der Waals surface area (Å²) in [6.45, 7) is 0. The highest BCUT2D eigenvalue weighted by molar-refractivity contribution is 9.10. The summed E-state index contributed by atoms with van der Waals surface area (Å²) in [5.41, 5.74) is 0.925. The fourth-order valence-electron chi connectivity index (χ4n) is 2.68. The third kappa shape index (κ3) is 3.30. The molecule has 6 nitrogen and oxygen atoms in total. The van der Waals surface area contributed by atoms with Gasteiger partial charge in [0.05, 0.1) is 10.6 Å². The molecule has 0 aliphatic rings. The summed E-state index contributed by atoms with van der Waals surface area (Å²) in [6, 6.07) is 11.2. The van der Waals surface area contributed by atoms with Crippen molar-refractivity contribution in [2.45, 2.75) is 0 Å². The van der Waals surface area contributed by atoms with Crippen LogP contribution in [0.3, 0.4) is 0 Å². The molecule has 4 aromatic rings. The number of thiophene rings is 1. The molecule has 0 radical (unpaired) electrons. The molecule has 0 saturated heterocycles. The van der Waals surface area contributed by atoms with E-state index in [1.54, 1.807) is 30.3 Å². The largest absolute Gasteiger partial charge is 0.478 e. The summed E-state index contributed by atoms with van der Waals surface area (Å²) >= 11 is 4.19. The van der Waals surface area contributed by atoms with Gasteiger partial charge in [-0.2, -0.15) is 0 Å². The molecular weight excluding hydrogens is 451 g/mol. The number of carboxylic acids is 1. The minimum Gasteiger partial charge on any atom is -0.478 e. The Labute approximate surface area is 169 Å². The van der Waals surface area contributed by atoms with Crippen molar-refractivity contribution in [2.75, 3.05) is 5.32 Å². The van der Waals surface area contributed by atoms with Crippen LogP contribution in [0.5, 0.6) is 0 Å². The van der Waals surface area contributed by atoms with Gasteiger partial charge < -0.3 is 14.8 Å². The standard InChI is InChI=1S/C19H10BrFN2O4S/c20-9-5-6-10(11(21)7-9)16-15(19(25)26)13(8-28-16)22-17(24)18-23-12-3-1-2-4-14(12)27-18/h1-8H,(H,22,24)(H,25,26). The minimum absolute atomic E-state index is 0.0436. The van der Waals surface area contributed by atoms with Crippen molar-refractivity contribution in [2.24, 2.45) is 0 Å². The van der Waals surface area contributed by atoms with Gasteiger partial charge in [-0.1, -0.05) is 28.1 Å². The topological polar surface area (TPSA) is 92.4 Å². The van der Waals surface area contributed by atoms with E-state index in [1.165, 1.54) is 17.5 Å². The number of nitrogens with one attached hydrogen (secondary N) is 1. The van der Waals surface area contributed by atoms with Crippen LogP contribution < -0.4 is 5.32 Å². The number of benzene rings is 2. The first-order chi connectivity index (χ1) is 13.4. The monoisotopic (exact) mass is 460 g/mol. The molecule has 0 aliphatic heterocycles. The highest BCUT2D eigenvalue weighted by Gasteiger charge is 2.24. The number of hydrogen-bond acceptors (Lipinski definition) is 5. The predicted octanol–water partition coefficient (Wildman–Crippen LogP) is 5.41. The Bertz CT molecular complexity index is 1200. The molecule has 0 atom stereocenters. The van der Waals surface area contributed by atoms with Crippen LogP contribution in [-0.4, -0.2) is 22.0 Å². The maximum absolute atomic E-state index is 14.3. The van der Waals surface area contributed by atoms with E-state index in [2.05, 4.69) is 26.2 Å². The summed E-state index contributed by atoms with van der Waals surface area (Å²) in [5.74, 6) is -2.75. The number of rotatable bonds is 4. The van der Waals surface area contributed by atoms with Crippen LogP contribution in [0.4, 0.5) is 10.1 Å². The van der Waals surface area contributed by atoms with Gasteiger partial charge >= 0.3 is 11.9 Å². The van der Waals surface area contributed by atoms with Crippen molar-refractivity contribution in [3.05, 3.63) is 69.6 Å². The van der Waals surface area contributed by atoms with Crippen molar-refractivity contribution in [3.8, 4) is 10.4 Å². The number of halogens is 2. The fraction of sp³-hybridized carbons (Fsp3) is 0. The van der Waals surface area contributed by atoms with Gasteiger partial charge in [0.25, 0.3) is 5.89 Å². The second-order valence-corrected chi connectivity index (χ2v) is 7.52. The van der Waals surface area contributed by atoms with E-state index in [4.69, 9.17) is 4.42 Å². The molecule has 0 bridgehead atoms. The Morgan fingerprint density at radius 3 is 2.71 bits per heavy atom. The average Bonchev–Trinajstić information content (AvgIpc) is 3.26. The number of hydrogen-bond donors (Lipinski definition) is 2. The SMILES string of the molecule is O=C(Nc1csc(-c2ccc(Br)cc2F)c1C(=O)O)c1nc2ccccc2o1. The van der Waals surface area contributed by atoms with Gasteiger partial charge in [-0.15, -0.1) is 11.3 Å². The highest BCUT2D eigenvalue weighted by atomic mass is 79.9. The molecule has 0 aliphatic carbocycles. The summed E-state index contributed by atoms with van der Waals surface area (Å²) in [5, 5.41) is 13.6. The quantitative estimate of drug-likeness (QED) is 0.424. The average molecular weight is 461 g/mol. The third-order valence-electron chi connectivity index (χ3n) is 3.92. The van der Waals surface area contributed by atoms with Crippen molar-refractivity contribution < 1.29 is 23.5 Å². The number of carbonyl (C=O) groups excluding carboxylic acids is 1. The number of aromatic nitrogens is 1. The smallest absolute Gasteiger partial charge is 0.339 e. The highest BCUT2D eigenvalue weighted by Crippen LogP contribution is 2.38. The Morgan fingerprint density at radius 1 is 1.21 bits per heavy atom. The number of carboxylic acid groups (broad SMARTS) is 1. The van der Waals surface area contributed by atoms with E-state index >= 15 is 0 Å². The molecule has 0 unspecified atom stereocenters. The molecular formula is C19H10BrFN2O4S. The van der Waals surface area contributed by atoms with E-state index in [0.717, 1.165) is 11.3 Å². The van der Waals surface area contributed by atoms with Gasteiger partial charge in [0, 0.05) is 15.4 Å². The van der Waals surface area contributed by atoms with Gasteiger partial charge in [0.2, 0.25) is 0 Å². The van der Waals surface area contributed by atoms with Gasteiger partial charge in [-0.25, -0.2) is 14.2 Å². The van der Waals surface area contributed by atoms with E-state index in [1.807, 2.05) is 0 Å². The maximum Gasteiger partial charge on any atom is 0.339 e. The summed E-state index contributed by atoms with van der Waals surface area (Å²) in [7, 11) is 0. The molecule has 140 valence electrons. The number of fused-ring (bicyclic) bond motifs is 1. The zero-order valence-corrected chi connectivity index (χ0v) is 16.3. The fourth-order valence-corrected chi connectivity index (χ4v) is 4.03. The predicted molar refractivity (Wildman–Crippen MR) is 106 cm³/mol. The Kier molecular flexibility index (Phi) is 4.70. The van der Waals surface area contributed by atoms with Crippen LogP contribution in [0, 0.1) is 5.82 Å². The van der Waals surface area contributed by atoms with E-state index in [-0.39, 0.29) is 27.6 Å². The zero-order valence-electron chi connectivity index (χ0n) is 13.9. The second-order valence-electron chi connectivity index (χ2n) is 5.72. The number of aromatic carboxylic acids is 1. The lowest BCUT2D eigenvalue weighted by molar-refractivity contribution is 0.0699. The van der Waals surface area contributed by atoms with Crippen molar-refractivity contribution >= 4 is 55.9 Å². The summed E-state index contributed by atoms with van der Waals surface area (Å²) in [4.78, 5) is 28.6. The molecule has 2 N–H and O–H groups in total. The van der Waals surface area contributed by atoms with Crippen LogP contribution in [-0.2, 0) is 0 Å². The molecule has 28 heavy (non-hydrogen) atoms. The number of anilines is 1. The molecule has 1 amide bonds. The van der Waals surface area contributed by atoms with Crippen LogP contribution in [0.15, 0.2) is 56.7 Å². The first-order valence-corrected chi connectivity index (χ1v) is 9.58. The van der Waals surface area contributed by atoms with Gasteiger partial charge in [-0.05, 0) is 30.3 Å². The lowest BCUT2D eigenvalue weighted by Gasteiger charge is -2.06. The zero-order chi connectivity index (χ0) is 19.8. The number of carbonyl (C=O) groups is 2. The van der Waals surface area contributed by atoms with Gasteiger partial charge in [0.15, 0.2) is 5.58 Å². The Morgan fingerprint density at radius 2 is 2.00 bits per heavy atom. The number of para-hydroxylation sites is 2. The van der Waals surface area contributed by atoms with Crippen molar-refractivity contribution in [1.29, 1.82) is 0 Å². The van der Waals surface area contributed by atoms with Crippen LogP contribution in [0.25, 0.3) is 21.5 Å². The lowest BCUT2D eigenvalue weighted by Crippen LogP contribution is -2.14. The van der Waals surface area contributed by atoms with Crippen molar-refractivity contribution in [3.63, 3.8) is 0 Å².